The van der Waals surface area contributed by atoms with Crippen LogP contribution in [0.3, 0.4) is 0 Å². The van der Waals surface area contributed by atoms with Gasteiger partial charge in [-0.05, 0) is 17.0 Å². The number of carbonyl (C=O) groups excluding carboxylic acids is 1. The molecule has 0 aliphatic heterocycles. The molecule has 0 heterocycles. The largest absolute Gasteiger partial charge is 0.478 e. The van der Waals surface area contributed by atoms with Gasteiger partial charge < -0.3 is 10.4 Å². The molecule has 0 unspecified atom stereocenters. The summed E-state index contributed by atoms with van der Waals surface area (Å²) in [7, 11) is 0. The van der Waals surface area contributed by atoms with Crippen molar-refractivity contribution in [2.45, 2.75) is 26.2 Å². The lowest BCUT2D eigenvalue weighted by atomic mass is 9.86. The van der Waals surface area contributed by atoms with Crippen molar-refractivity contribution in [2.24, 2.45) is 0 Å². The van der Waals surface area contributed by atoms with Gasteiger partial charge in [-0.1, -0.05) is 39.0 Å². The molecule has 0 bridgehead atoms. The van der Waals surface area contributed by atoms with Crippen LogP contribution >= 0.6 is 0 Å². The molecule has 0 saturated heterocycles. The molecule has 0 aromatic heterocycles. The number of carbonyl (C=O) groups is 2. The van der Waals surface area contributed by atoms with Crippen molar-refractivity contribution < 1.29 is 14.7 Å². The minimum Gasteiger partial charge on any atom is -0.478 e. The highest BCUT2D eigenvalue weighted by Gasteiger charge is 2.17. The van der Waals surface area contributed by atoms with Crippen LogP contribution in [0.2, 0.25) is 0 Å². The van der Waals surface area contributed by atoms with Crippen molar-refractivity contribution in [1.82, 2.24) is 0 Å². The molecule has 0 saturated carbocycles. The number of carboxylic acids is 1. The maximum Gasteiger partial charge on any atom is 0.328 e. The van der Waals surface area contributed by atoms with Crippen LogP contribution in [0, 0.1) is 0 Å². The van der Waals surface area contributed by atoms with Gasteiger partial charge in [0.15, 0.2) is 0 Å². The Morgan fingerprint density at radius 1 is 1.17 bits per heavy atom. The number of amides is 1. The van der Waals surface area contributed by atoms with E-state index in [2.05, 4.69) is 5.32 Å². The number of rotatable bonds is 3. The van der Waals surface area contributed by atoms with E-state index in [1.54, 1.807) is 6.07 Å². The van der Waals surface area contributed by atoms with E-state index in [9.17, 15) is 9.59 Å². The van der Waals surface area contributed by atoms with Gasteiger partial charge in [0, 0.05) is 17.8 Å². The predicted octanol–water partition coefficient (Wildman–Crippen LogP) is 2.56. The molecule has 96 valence electrons. The third kappa shape index (κ3) is 4.05. The van der Waals surface area contributed by atoms with E-state index in [0.717, 1.165) is 17.7 Å². The number of hydrogen-bond acceptors (Lipinski definition) is 2. The number of benzene rings is 1. The second-order valence-electron chi connectivity index (χ2n) is 4.96. The van der Waals surface area contributed by atoms with Crippen molar-refractivity contribution in [3.63, 3.8) is 0 Å². The first-order valence-electron chi connectivity index (χ1n) is 5.62. The predicted molar refractivity (Wildman–Crippen MR) is 70.5 cm³/mol. The van der Waals surface area contributed by atoms with Crippen LogP contribution < -0.4 is 5.32 Å². The summed E-state index contributed by atoms with van der Waals surface area (Å²) in [6, 6.07) is 7.47. The first-order chi connectivity index (χ1) is 8.30. The van der Waals surface area contributed by atoms with Gasteiger partial charge in [-0.2, -0.15) is 0 Å². The van der Waals surface area contributed by atoms with Gasteiger partial charge in [-0.25, -0.2) is 4.79 Å². The number of nitrogens with one attached hydrogen (secondary N) is 1. The van der Waals surface area contributed by atoms with E-state index in [0.29, 0.717) is 5.69 Å². The lowest BCUT2D eigenvalue weighted by Crippen LogP contribution is -2.17. The minimum atomic E-state index is -1.14. The Bertz CT molecular complexity index is 484. The molecule has 4 nitrogen and oxygen atoms in total. The molecule has 0 aliphatic rings. The average Bonchev–Trinajstić information content (AvgIpc) is 2.25. The van der Waals surface area contributed by atoms with Crippen molar-refractivity contribution in [3.8, 4) is 0 Å². The molecule has 1 aromatic carbocycles. The molecule has 0 spiro atoms. The maximum absolute atomic E-state index is 11.5. The molecule has 0 radical (unpaired) electrons. The normalized spacial score (nSPS) is 11.5. The van der Waals surface area contributed by atoms with Gasteiger partial charge in [-0.3, -0.25) is 4.79 Å². The second-order valence-corrected chi connectivity index (χ2v) is 4.96. The zero-order valence-electron chi connectivity index (χ0n) is 10.7. The Morgan fingerprint density at radius 2 is 1.78 bits per heavy atom. The third-order valence-corrected chi connectivity index (χ3v) is 2.37. The van der Waals surface area contributed by atoms with E-state index in [1.165, 1.54) is 0 Å². The summed E-state index contributed by atoms with van der Waals surface area (Å²) in [4.78, 5) is 21.9. The van der Waals surface area contributed by atoms with Crippen molar-refractivity contribution in [1.29, 1.82) is 0 Å². The molecule has 1 amide bonds. The summed E-state index contributed by atoms with van der Waals surface area (Å²) in [5.41, 5.74) is 1.60. The van der Waals surface area contributed by atoms with Crippen LogP contribution in [-0.4, -0.2) is 17.0 Å². The van der Waals surface area contributed by atoms with Crippen molar-refractivity contribution in [3.05, 3.63) is 42.0 Å². The first kappa shape index (κ1) is 14.0. The fraction of sp³-hybridized carbons (Fsp3) is 0.286. The highest BCUT2D eigenvalue weighted by molar-refractivity contribution is 6.02. The molecule has 18 heavy (non-hydrogen) atoms. The number of anilines is 1. The summed E-state index contributed by atoms with van der Waals surface area (Å²) in [5.74, 6) is -1.59. The van der Waals surface area contributed by atoms with Gasteiger partial charge in [0.25, 0.3) is 0 Å². The van der Waals surface area contributed by atoms with Crippen molar-refractivity contribution in [2.75, 3.05) is 5.32 Å². The van der Waals surface area contributed by atoms with Gasteiger partial charge in [0.2, 0.25) is 5.91 Å². The average molecular weight is 247 g/mol. The standard InChI is InChI=1S/C14H17NO3/c1-14(2,3)10-6-4-5-7-11(10)15-12(16)8-9-13(17)18/h4-9H,1-3H3,(H,15,16)(H,17,18)/b9-8+. The zero-order valence-corrected chi connectivity index (χ0v) is 10.7. The van der Waals surface area contributed by atoms with Gasteiger partial charge >= 0.3 is 5.97 Å². The van der Waals surface area contributed by atoms with Crippen molar-refractivity contribution >= 4 is 17.6 Å². The van der Waals surface area contributed by atoms with Crippen LogP contribution in [0.4, 0.5) is 5.69 Å². The summed E-state index contributed by atoms with van der Waals surface area (Å²) in [6.45, 7) is 6.14. The number of hydrogen-bond donors (Lipinski definition) is 2. The molecule has 0 atom stereocenters. The highest BCUT2D eigenvalue weighted by Crippen LogP contribution is 2.29. The van der Waals surface area contributed by atoms with Gasteiger partial charge in [0.05, 0.1) is 0 Å². The van der Waals surface area contributed by atoms with E-state index in [1.807, 2.05) is 39.0 Å². The molecule has 0 aliphatic carbocycles. The van der Waals surface area contributed by atoms with E-state index < -0.39 is 11.9 Å². The van der Waals surface area contributed by atoms with Gasteiger partial charge in [-0.15, -0.1) is 0 Å². The SMILES string of the molecule is CC(C)(C)c1ccccc1NC(=O)/C=C/C(=O)O. The fourth-order valence-corrected chi connectivity index (χ4v) is 1.57. The van der Waals surface area contributed by atoms with Crippen LogP contribution in [0.15, 0.2) is 36.4 Å². The lowest BCUT2D eigenvalue weighted by molar-refractivity contribution is -0.131. The van der Waals surface area contributed by atoms with Gasteiger partial charge in [0.1, 0.15) is 0 Å². The first-order valence-corrected chi connectivity index (χ1v) is 5.62. The Kier molecular flexibility index (Phi) is 4.26. The molecule has 0 fully saturated rings. The topological polar surface area (TPSA) is 66.4 Å². The van der Waals surface area contributed by atoms with Crippen LogP contribution in [0.5, 0.6) is 0 Å². The Labute approximate surface area is 106 Å². The highest BCUT2D eigenvalue weighted by atomic mass is 16.4. The Hall–Kier alpha value is -2.10. The lowest BCUT2D eigenvalue weighted by Gasteiger charge is -2.22. The summed E-state index contributed by atoms with van der Waals surface area (Å²) in [5, 5.41) is 11.1. The van der Waals surface area contributed by atoms with E-state index in [-0.39, 0.29) is 5.41 Å². The smallest absolute Gasteiger partial charge is 0.328 e. The molecular formula is C14H17NO3. The fourth-order valence-electron chi connectivity index (χ4n) is 1.57. The summed E-state index contributed by atoms with van der Waals surface area (Å²) >= 11 is 0. The number of carboxylic acid groups (broad SMARTS) is 1. The monoisotopic (exact) mass is 247 g/mol. The Morgan fingerprint density at radius 3 is 2.33 bits per heavy atom. The number of aliphatic carboxylic acids is 1. The van der Waals surface area contributed by atoms with Crippen LogP contribution in [-0.2, 0) is 15.0 Å². The molecule has 4 heteroatoms. The van der Waals surface area contributed by atoms with Crippen LogP contribution in [0.1, 0.15) is 26.3 Å². The number of para-hydroxylation sites is 1. The zero-order chi connectivity index (χ0) is 13.8. The van der Waals surface area contributed by atoms with E-state index >= 15 is 0 Å². The summed E-state index contributed by atoms with van der Waals surface area (Å²) < 4.78 is 0. The van der Waals surface area contributed by atoms with Crippen LogP contribution in [0.25, 0.3) is 0 Å². The summed E-state index contributed by atoms with van der Waals surface area (Å²) in [6.07, 6.45) is 1.82. The second kappa shape index (κ2) is 5.49. The molecule has 2 N–H and O–H groups in total. The maximum atomic E-state index is 11.5. The van der Waals surface area contributed by atoms with E-state index in [4.69, 9.17) is 5.11 Å². The molecule has 1 aromatic rings. The quantitative estimate of drug-likeness (QED) is 0.807. The molecular weight excluding hydrogens is 230 g/mol. The Balaban J connectivity index is 2.92. The molecule has 1 rings (SSSR count). The minimum absolute atomic E-state index is 0.0968. The third-order valence-electron chi connectivity index (χ3n) is 2.37.